The van der Waals surface area contributed by atoms with E-state index in [4.69, 9.17) is 27.4 Å². The van der Waals surface area contributed by atoms with Gasteiger partial charge in [-0.3, -0.25) is 4.90 Å². The molecule has 1 fully saturated rings. The largest absolute Gasteiger partial charge is 0.493 e. The normalized spacial score (nSPS) is 17.4. The van der Waals surface area contributed by atoms with Crippen LogP contribution in [-0.4, -0.2) is 55.3 Å². The molecule has 1 aromatic rings. The monoisotopic (exact) mass is 309 g/mol. The topological polar surface area (TPSA) is 51.0 Å². The number of hydrogen-bond acceptors (Lipinski definition) is 4. The Hall–Kier alpha value is -1.53. The Morgan fingerprint density at radius 3 is 2.29 bits per heavy atom. The van der Waals surface area contributed by atoms with Crippen molar-refractivity contribution in [1.29, 1.82) is 0 Å². The zero-order valence-electron chi connectivity index (χ0n) is 12.8. The third-order valence-electron chi connectivity index (χ3n) is 4.06. The summed E-state index contributed by atoms with van der Waals surface area (Å²) < 4.78 is 10.7. The van der Waals surface area contributed by atoms with Crippen molar-refractivity contribution in [3.63, 3.8) is 0 Å². The van der Waals surface area contributed by atoms with Gasteiger partial charge in [0.25, 0.3) is 0 Å². The van der Waals surface area contributed by atoms with Crippen LogP contribution < -0.4 is 15.2 Å². The van der Waals surface area contributed by atoms with Crippen LogP contribution in [0.25, 0.3) is 0 Å². The molecule has 0 bridgehead atoms. The van der Waals surface area contributed by atoms with Crippen LogP contribution in [0.15, 0.2) is 18.2 Å². The highest BCUT2D eigenvalue weighted by molar-refractivity contribution is 7.80. The van der Waals surface area contributed by atoms with Gasteiger partial charge in [-0.15, -0.1) is 0 Å². The molecule has 0 aliphatic carbocycles. The molecule has 0 unspecified atom stereocenters. The minimum absolute atomic E-state index is 0.318. The number of benzene rings is 1. The molecule has 5 nitrogen and oxygen atoms in total. The number of nitrogens with zero attached hydrogens (tertiary/aromatic N) is 2. The van der Waals surface area contributed by atoms with Crippen molar-refractivity contribution in [3.05, 3.63) is 23.8 Å². The molecule has 0 saturated carbocycles. The first kappa shape index (κ1) is 15.9. The Kier molecular flexibility index (Phi) is 5.25. The van der Waals surface area contributed by atoms with Crippen molar-refractivity contribution in [3.8, 4) is 11.5 Å². The fourth-order valence-electron chi connectivity index (χ4n) is 2.65. The van der Waals surface area contributed by atoms with Gasteiger partial charge < -0.3 is 20.1 Å². The molecule has 2 N–H and O–H groups in total. The number of rotatable bonds is 4. The summed E-state index contributed by atoms with van der Waals surface area (Å²) in [7, 11) is 3.31. The second kappa shape index (κ2) is 6.95. The van der Waals surface area contributed by atoms with Crippen LogP contribution in [0, 0.1) is 0 Å². The van der Waals surface area contributed by atoms with Gasteiger partial charge in [-0.2, -0.15) is 0 Å². The number of hydrogen-bond donors (Lipinski definition) is 1. The SMILES string of the molecule is COc1ccc([C@@H](C)N2CCN(C(N)=S)CC2)cc1OC. The summed E-state index contributed by atoms with van der Waals surface area (Å²) in [5.74, 6) is 1.52. The molecule has 116 valence electrons. The number of piperazine rings is 1. The summed E-state index contributed by atoms with van der Waals surface area (Å²) in [6.07, 6.45) is 0. The number of methoxy groups -OCH3 is 2. The first-order chi connectivity index (χ1) is 10.1. The Morgan fingerprint density at radius 1 is 1.14 bits per heavy atom. The van der Waals surface area contributed by atoms with E-state index in [-0.39, 0.29) is 0 Å². The second-order valence-corrected chi connectivity index (χ2v) is 5.57. The molecule has 2 rings (SSSR count). The molecule has 1 atom stereocenters. The Morgan fingerprint density at radius 2 is 1.76 bits per heavy atom. The minimum atomic E-state index is 0.318. The molecular formula is C15H23N3O2S. The quantitative estimate of drug-likeness (QED) is 0.853. The van der Waals surface area contributed by atoms with E-state index in [1.165, 1.54) is 5.56 Å². The fraction of sp³-hybridized carbons (Fsp3) is 0.533. The average molecular weight is 309 g/mol. The molecule has 1 aromatic carbocycles. The summed E-state index contributed by atoms with van der Waals surface area (Å²) in [5.41, 5.74) is 6.90. The Balaban J connectivity index is 2.07. The molecule has 1 aliphatic heterocycles. The smallest absolute Gasteiger partial charge is 0.166 e. The van der Waals surface area contributed by atoms with Crippen LogP contribution in [0.4, 0.5) is 0 Å². The summed E-state index contributed by atoms with van der Waals surface area (Å²) in [5, 5.41) is 0.494. The van der Waals surface area contributed by atoms with E-state index >= 15 is 0 Å². The molecule has 0 aromatic heterocycles. The van der Waals surface area contributed by atoms with E-state index in [2.05, 4.69) is 17.9 Å². The highest BCUT2D eigenvalue weighted by atomic mass is 32.1. The van der Waals surface area contributed by atoms with Gasteiger partial charge >= 0.3 is 0 Å². The summed E-state index contributed by atoms with van der Waals surface area (Å²) >= 11 is 5.03. The predicted molar refractivity (Wildman–Crippen MR) is 87.9 cm³/mol. The van der Waals surface area contributed by atoms with Gasteiger partial charge in [-0.1, -0.05) is 6.07 Å². The molecule has 1 aliphatic rings. The van der Waals surface area contributed by atoms with Crippen molar-refractivity contribution >= 4 is 17.3 Å². The highest BCUT2D eigenvalue weighted by Gasteiger charge is 2.23. The Labute approximate surface area is 131 Å². The molecule has 0 amide bonds. The van der Waals surface area contributed by atoms with Gasteiger partial charge in [0, 0.05) is 32.2 Å². The van der Waals surface area contributed by atoms with Gasteiger partial charge in [-0.05, 0) is 36.8 Å². The van der Waals surface area contributed by atoms with E-state index in [9.17, 15) is 0 Å². The van der Waals surface area contributed by atoms with Gasteiger partial charge in [0.1, 0.15) is 0 Å². The minimum Gasteiger partial charge on any atom is -0.493 e. The van der Waals surface area contributed by atoms with Gasteiger partial charge in [0.05, 0.1) is 14.2 Å². The molecule has 1 saturated heterocycles. The summed E-state index contributed by atoms with van der Waals surface area (Å²) in [6, 6.07) is 6.41. The van der Waals surface area contributed by atoms with Crippen molar-refractivity contribution in [2.24, 2.45) is 5.73 Å². The van der Waals surface area contributed by atoms with Crippen LogP contribution in [0.2, 0.25) is 0 Å². The third-order valence-corrected chi connectivity index (χ3v) is 4.32. The molecular weight excluding hydrogens is 286 g/mol. The van der Waals surface area contributed by atoms with E-state index in [1.54, 1.807) is 14.2 Å². The maximum absolute atomic E-state index is 5.68. The molecule has 0 radical (unpaired) electrons. The maximum Gasteiger partial charge on any atom is 0.166 e. The third kappa shape index (κ3) is 3.57. The number of thiocarbonyl (C=S) groups is 1. The van der Waals surface area contributed by atoms with Crippen molar-refractivity contribution in [1.82, 2.24) is 9.80 Å². The Bertz CT molecular complexity index is 502. The lowest BCUT2D eigenvalue weighted by molar-refractivity contribution is 0.141. The predicted octanol–water partition coefficient (Wildman–Crippen LogP) is 1.63. The lowest BCUT2D eigenvalue weighted by Gasteiger charge is -2.38. The molecule has 6 heteroatoms. The van der Waals surface area contributed by atoms with E-state index in [0.29, 0.717) is 11.2 Å². The molecule has 1 heterocycles. The van der Waals surface area contributed by atoms with Gasteiger partial charge in [0.15, 0.2) is 16.6 Å². The zero-order valence-corrected chi connectivity index (χ0v) is 13.7. The highest BCUT2D eigenvalue weighted by Crippen LogP contribution is 2.32. The second-order valence-electron chi connectivity index (χ2n) is 5.15. The van der Waals surface area contributed by atoms with E-state index in [0.717, 1.165) is 37.7 Å². The van der Waals surface area contributed by atoms with E-state index < -0.39 is 0 Å². The molecule has 21 heavy (non-hydrogen) atoms. The average Bonchev–Trinajstić information content (AvgIpc) is 2.53. The van der Waals surface area contributed by atoms with Crippen LogP contribution in [0.3, 0.4) is 0 Å². The summed E-state index contributed by atoms with van der Waals surface area (Å²) in [6.45, 7) is 5.87. The zero-order chi connectivity index (χ0) is 15.4. The van der Waals surface area contributed by atoms with Crippen molar-refractivity contribution < 1.29 is 9.47 Å². The standard InChI is InChI=1S/C15H23N3O2S/c1-11(17-6-8-18(9-7-17)15(16)21)12-4-5-13(19-2)14(10-12)20-3/h4-5,10-11H,6-9H2,1-3H3,(H2,16,21)/t11-/m1/s1. The van der Waals surface area contributed by atoms with Gasteiger partial charge in [0.2, 0.25) is 0 Å². The van der Waals surface area contributed by atoms with Gasteiger partial charge in [-0.25, -0.2) is 0 Å². The van der Waals surface area contributed by atoms with Crippen LogP contribution >= 0.6 is 12.2 Å². The molecule has 0 spiro atoms. The van der Waals surface area contributed by atoms with Crippen LogP contribution in [0.1, 0.15) is 18.5 Å². The number of nitrogens with two attached hydrogens (primary N) is 1. The summed E-state index contributed by atoms with van der Waals surface area (Å²) in [4.78, 5) is 4.48. The van der Waals surface area contributed by atoms with E-state index in [1.807, 2.05) is 17.0 Å². The fourth-order valence-corrected chi connectivity index (χ4v) is 2.84. The lowest BCUT2D eigenvalue weighted by atomic mass is 10.1. The van der Waals surface area contributed by atoms with Crippen molar-refractivity contribution in [2.75, 3.05) is 40.4 Å². The first-order valence-electron chi connectivity index (χ1n) is 7.07. The lowest BCUT2D eigenvalue weighted by Crippen LogP contribution is -2.50. The van der Waals surface area contributed by atoms with Crippen LogP contribution in [-0.2, 0) is 0 Å². The maximum atomic E-state index is 5.68. The first-order valence-corrected chi connectivity index (χ1v) is 7.48. The van der Waals surface area contributed by atoms with Crippen LogP contribution in [0.5, 0.6) is 11.5 Å². The number of ether oxygens (including phenoxy) is 2. The van der Waals surface area contributed by atoms with Crippen molar-refractivity contribution in [2.45, 2.75) is 13.0 Å².